The van der Waals surface area contributed by atoms with Gasteiger partial charge in [0.1, 0.15) is 11.8 Å². The van der Waals surface area contributed by atoms with Gasteiger partial charge in [0.25, 0.3) is 5.91 Å². The minimum Gasteiger partial charge on any atom is -0.477 e. The minimum atomic E-state index is -0.677. The molecule has 1 heterocycles. The molecule has 108 valence electrons. The van der Waals surface area contributed by atoms with Gasteiger partial charge in [0.15, 0.2) is 0 Å². The first kappa shape index (κ1) is 14.7. The summed E-state index contributed by atoms with van der Waals surface area (Å²) in [7, 11) is 1.29. The van der Waals surface area contributed by atoms with E-state index in [0.29, 0.717) is 5.75 Å². The van der Waals surface area contributed by atoms with Crippen LogP contribution in [0.2, 0.25) is 0 Å². The van der Waals surface area contributed by atoms with E-state index >= 15 is 0 Å². The molecular weight excluding hydrogens is 270 g/mol. The van der Waals surface area contributed by atoms with E-state index < -0.39 is 18.1 Å². The molecule has 0 aliphatic carbocycles. The number of nitrogens with zero attached hydrogens (tertiary/aromatic N) is 1. The molecule has 1 aliphatic heterocycles. The quantitative estimate of drug-likeness (QED) is 0.351. The number of carbonyl (C=O) groups excluding carboxylic acids is 2. The lowest BCUT2D eigenvalue weighted by atomic mass is 9.98. The van der Waals surface area contributed by atoms with Gasteiger partial charge in [-0.15, -0.1) is 6.42 Å². The summed E-state index contributed by atoms with van der Waals surface area (Å²) in [5, 5.41) is 0. The summed E-state index contributed by atoms with van der Waals surface area (Å²) in [5.41, 5.74) is 0. The van der Waals surface area contributed by atoms with Crippen LogP contribution in [0.4, 0.5) is 0 Å². The van der Waals surface area contributed by atoms with Crippen molar-refractivity contribution in [3.8, 4) is 18.1 Å². The molecule has 0 N–H and O–H groups in total. The highest BCUT2D eigenvalue weighted by molar-refractivity contribution is 5.90. The van der Waals surface area contributed by atoms with Crippen molar-refractivity contribution in [1.82, 2.24) is 4.90 Å². The predicted octanol–water partition coefficient (Wildman–Crippen LogP) is 1.01. The average Bonchev–Trinajstić information content (AvgIpc) is 2.53. The molecule has 0 unspecified atom stereocenters. The predicted molar refractivity (Wildman–Crippen MR) is 76.3 cm³/mol. The Hall–Kier alpha value is -2.74. The molecule has 2 rings (SSSR count). The highest BCUT2D eigenvalue weighted by atomic mass is 16.5. The Labute approximate surface area is 123 Å². The van der Waals surface area contributed by atoms with Crippen molar-refractivity contribution in [2.24, 2.45) is 0 Å². The zero-order chi connectivity index (χ0) is 15.2. The number of likely N-dealkylation sites (tertiary alicyclic amines) is 1. The van der Waals surface area contributed by atoms with Crippen molar-refractivity contribution in [2.75, 3.05) is 13.7 Å². The van der Waals surface area contributed by atoms with Crippen molar-refractivity contribution >= 4 is 11.9 Å². The lowest BCUT2D eigenvalue weighted by Gasteiger charge is -2.43. The number of rotatable bonds is 5. The van der Waals surface area contributed by atoms with Crippen LogP contribution in [0.5, 0.6) is 5.75 Å². The van der Waals surface area contributed by atoms with E-state index in [1.165, 1.54) is 24.2 Å². The number of hydrogen-bond acceptors (Lipinski definition) is 4. The van der Waals surface area contributed by atoms with Crippen molar-refractivity contribution in [3.05, 3.63) is 42.5 Å². The van der Waals surface area contributed by atoms with Gasteiger partial charge >= 0.3 is 5.97 Å². The molecule has 0 saturated carbocycles. The fourth-order valence-electron chi connectivity index (χ4n) is 1.99. The van der Waals surface area contributed by atoms with Crippen molar-refractivity contribution in [1.29, 1.82) is 0 Å². The molecule has 0 aromatic heterocycles. The van der Waals surface area contributed by atoms with Crippen LogP contribution >= 0.6 is 0 Å². The zero-order valence-electron chi connectivity index (χ0n) is 11.6. The normalized spacial score (nSPS) is 20.8. The van der Waals surface area contributed by atoms with Crippen LogP contribution in [0.25, 0.3) is 0 Å². The minimum absolute atomic E-state index is 0.198. The summed E-state index contributed by atoms with van der Waals surface area (Å²) in [6, 6.07) is 8.58. The molecule has 1 amide bonds. The van der Waals surface area contributed by atoms with Crippen molar-refractivity contribution < 1.29 is 19.1 Å². The second-order valence-corrected chi connectivity index (χ2v) is 4.38. The molecule has 5 heteroatoms. The number of esters is 1. The van der Waals surface area contributed by atoms with Crippen LogP contribution < -0.4 is 4.74 Å². The maximum atomic E-state index is 12.0. The molecule has 1 aromatic rings. The number of amides is 1. The highest BCUT2D eigenvalue weighted by Gasteiger charge is 2.47. The molecule has 0 spiro atoms. The van der Waals surface area contributed by atoms with Gasteiger partial charge in [-0.3, -0.25) is 4.79 Å². The van der Waals surface area contributed by atoms with E-state index in [-0.39, 0.29) is 12.5 Å². The summed E-state index contributed by atoms with van der Waals surface area (Å²) in [5.74, 6) is 2.46. The Morgan fingerprint density at radius 2 is 2.14 bits per heavy atom. The van der Waals surface area contributed by atoms with E-state index in [2.05, 4.69) is 10.7 Å². The van der Waals surface area contributed by atoms with Crippen molar-refractivity contribution in [2.45, 2.75) is 12.1 Å². The van der Waals surface area contributed by atoms with E-state index in [9.17, 15) is 9.59 Å². The number of terminal acetylenes is 1. The molecular formula is C16H15NO4. The van der Waals surface area contributed by atoms with E-state index in [4.69, 9.17) is 11.2 Å². The SMILES string of the molecule is C#C[C@@H]1[C@H](Oc2ccccc2)C(=O)N1C/C=C/C(=O)OC. The largest absolute Gasteiger partial charge is 0.477 e. The molecule has 2 atom stereocenters. The third-order valence-electron chi connectivity index (χ3n) is 3.08. The topological polar surface area (TPSA) is 55.8 Å². The average molecular weight is 285 g/mol. The lowest BCUT2D eigenvalue weighted by Crippen LogP contribution is -2.66. The second kappa shape index (κ2) is 6.62. The molecule has 1 aliphatic rings. The smallest absolute Gasteiger partial charge is 0.330 e. The molecule has 0 radical (unpaired) electrons. The Bertz CT molecular complexity index is 588. The van der Waals surface area contributed by atoms with Gasteiger partial charge in [-0.05, 0) is 12.1 Å². The van der Waals surface area contributed by atoms with E-state index in [0.717, 1.165) is 0 Å². The number of hydrogen-bond donors (Lipinski definition) is 0. The molecule has 1 saturated heterocycles. The maximum Gasteiger partial charge on any atom is 0.330 e. The summed E-state index contributed by atoms with van der Waals surface area (Å²) in [4.78, 5) is 24.5. The van der Waals surface area contributed by atoms with E-state index in [1.54, 1.807) is 12.1 Å². The standard InChI is InChI=1S/C16H15NO4/c1-3-13-15(21-12-8-5-4-6-9-12)16(19)17(13)11-7-10-14(18)20-2/h1,4-10,13,15H,11H2,2H3/b10-7+/t13-,15+/m1/s1. The summed E-state index contributed by atoms with van der Waals surface area (Å²) in [6.07, 6.45) is 7.56. The summed E-state index contributed by atoms with van der Waals surface area (Å²) in [6.45, 7) is 0.247. The van der Waals surface area contributed by atoms with Gasteiger partial charge in [-0.2, -0.15) is 0 Å². The number of ether oxygens (including phenoxy) is 2. The molecule has 1 aromatic carbocycles. The molecule has 0 bridgehead atoms. The van der Waals surface area contributed by atoms with Crippen molar-refractivity contribution in [3.63, 3.8) is 0 Å². The fraction of sp³-hybridized carbons (Fsp3) is 0.250. The fourth-order valence-corrected chi connectivity index (χ4v) is 1.99. The van der Waals surface area contributed by atoms with Gasteiger partial charge in [-0.1, -0.05) is 30.2 Å². The molecule has 5 nitrogen and oxygen atoms in total. The number of β-lactam (4-membered cyclic amide) rings is 1. The van der Waals surface area contributed by atoms with Gasteiger partial charge < -0.3 is 14.4 Å². The monoisotopic (exact) mass is 285 g/mol. The van der Waals surface area contributed by atoms with Crippen LogP contribution in [0.1, 0.15) is 0 Å². The third-order valence-corrected chi connectivity index (χ3v) is 3.08. The Morgan fingerprint density at radius 3 is 2.76 bits per heavy atom. The first-order valence-corrected chi connectivity index (χ1v) is 6.40. The third kappa shape index (κ3) is 3.23. The maximum absolute atomic E-state index is 12.0. The molecule has 1 fully saturated rings. The number of para-hydroxylation sites is 1. The first-order valence-electron chi connectivity index (χ1n) is 6.40. The first-order chi connectivity index (χ1) is 10.2. The number of methoxy groups -OCH3 is 1. The summed E-state index contributed by atoms with van der Waals surface area (Å²) >= 11 is 0. The van der Waals surface area contributed by atoms with Crippen LogP contribution in [0, 0.1) is 12.3 Å². The van der Waals surface area contributed by atoms with E-state index in [1.807, 2.05) is 18.2 Å². The van der Waals surface area contributed by atoms with Gasteiger partial charge in [-0.25, -0.2) is 4.79 Å². The second-order valence-electron chi connectivity index (χ2n) is 4.38. The van der Waals surface area contributed by atoms with Gasteiger partial charge in [0.05, 0.1) is 7.11 Å². The number of benzene rings is 1. The highest BCUT2D eigenvalue weighted by Crippen LogP contribution is 2.24. The molecule has 21 heavy (non-hydrogen) atoms. The van der Waals surface area contributed by atoms with Gasteiger partial charge in [0.2, 0.25) is 6.10 Å². The Morgan fingerprint density at radius 1 is 1.43 bits per heavy atom. The van der Waals surface area contributed by atoms with Crippen LogP contribution in [-0.2, 0) is 14.3 Å². The van der Waals surface area contributed by atoms with Crippen LogP contribution in [0.3, 0.4) is 0 Å². The zero-order valence-corrected chi connectivity index (χ0v) is 11.6. The number of carbonyl (C=O) groups is 2. The van der Waals surface area contributed by atoms with Crippen LogP contribution in [0.15, 0.2) is 42.5 Å². The Kier molecular flexibility index (Phi) is 4.62. The van der Waals surface area contributed by atoms with Gasteiger partial charge in [0, 0.05) is 12.6 Å². The summed E-state index contributed by atoms with van der Waals surface area (Å²) < 4.78 is 10.1. The lowest BCUT2D eigenvalue weighted by molar-refractivity contribution is -0.157. The van der Waals surface area contributed by atoms with Crippen LogP contribution in [-0.4, -0.2) is 42.6 Å². The Balaban J connectivity index is 1.96.